The zero-order chi connectivity index (χ0) is 14.8. The molecule has 6 heteroatoms. The van der Waals surface area contributed by atoms with Crippen LogP contribution >= 0.6 is 15.9 Å². The summed E-state index contributed by atoms with van der Waals surface area (Å²) in [7, 11) is 0. The van der Waals surface area contributed by atoms with Crippen LogP contribution in [0.3, 0.4) is 0 Å². The van der Waals surface area contributed by atoms with E-state index in [0.717, 1.165) is 0 Å². The van der Waals surface area contributed by atoms with Crippen LogP contribution in [0.25, 0.3) is 10.9 Å². The fraction of sp³-hybridized carbons (Fsp3) is 0.0667. The Labute approximate surface area is 127 Å². The van der Waals surface area contributed by atoms with Crippen LogP contribution in [0.1, 0.15) is 5.82 Å². The summed E-state index contributed by atoms with van der Waals surface area (Å²) in [6, 6.07) is 11.5. The number of H-pyrrole nitrogens is 1. The molecule has 0 aliphatic rings. The molecule has 1 N–H and O–H groups in total. The molecule has 2 aromatic carbocycles. The number of rotatable bonds is 3. The Morgan fingerprint density at radius 1 is 1.24 bits per heavy atom. The third-order valence-electron chi connectivity index (χ3n) is 2.93. The van der Waals surface area contributed by atoms with E-state index in [1.165, 1.54) is 6.07 Å². The Morgan fingerprint density at radius 2 is 2.05 bits per heavy atom. The Kier molecular flexibility index (Phi) is 3.70. The molecule has 0 aliphatic carbocycles. The molecule has 1 aromatic heterocycles. The lowest BCUT2D eigenvalue weighted by Crippen LogP contribution is -2.13. The Bertz CT molecular complexity index is 864. The maximum atomic E-state index is 13.4. The average molecular weight is 349 g/mol. The quantitative estimate of drug-likeness (QED) is 0.789. The lowest BCUT2D eigenvalue weighted by Gasteiger charge is -2.07. The number of nitrogens with zero attached hydrogens (tertiary/aromatic N) is 1. The summed E-state index contributed by atoms with van der Waals surface area (Å²) in [4.78, 5) is 18.9. The smallest absolute Gasteiger partial charge is 0.258 e. The van der Waals surface area contributed by atoms with Gasteiger partial charge in [-0.15, -0.1) is 0 Å². The second-order valence-electron chi connectivity index (χ2n) is 4.39. The van der Waals surface area contributed by atoms with Crippen LogP contribution in [0, 0.1) is 5.82 Å². The third-order valence-corrected chi connectivity index (χ3v) is 3.57. The highest BCUT2D eigenvalue weighted by molar-refractivity contribution is 9.10. The minimum absolute atomic E-state index is 0.0567. The zero-order valence-electron chi connectivity index (χ0n) is 10.8. The monoisotopic (exact) mass is 348 g/mol. The standard InChI is InChI=1S/C15H10BrFN2O2/c16-11-6-5-9(7-12(11)17)21-8-14-18-13-4-2-1-3-10(13)15(20)19-14/h1-7H,8H2,(H,18,19,20). The molecule has 3 aromatic rings. The van der Waals surface area contributed by atoms with E-state index < -0.39 is 5.82 Å². The van der Waals surface area contributed by atoms with Crippen LogP contribution < -0.4 is 10.3 Å². The first-order chi connectivity index (χ1) is 10.1. The molecule has 0 saturated heterocycles. The number of benzene rings is 2. The number of hydrogen-bond donors (Lipinski definition) is 1. The van der Waals surface area contributed by atoms with Gasteiger partial charge in [-0.3, -0.25) is 4.79 Å². The second-order valence-corrected chi connectivity index (χ2v) is 5.25. The summed E-state index contributed by atoms with van der Waals surface area (Å²) in [6.07, 6.45) is 0. The minimum Gasteiger partial charge on any atom is -0.486 e. The Morgan fingerprint density at radius 3 is 2.86 bits per heavy atom. The highest BCUT2D eigenvalue weighted by atomic mass is 79.9. The molecule has 0 unspecified atom stereocenters. The highest BCUT2D eigenvalue weighted by Gasteiger charge is 2.05. The van der Waals surface area contributed by atoms with Crippen molar-refractivity contribution in [2.75, 3.05) is 0 Å². The van der Waals surface area contributed by atoms with Gasteiger partial charge in [-0.25, -0.2) is 9.37 Å². The summed E-state index contributed by atoms with van der Waals surface area (Å²) < 4.78 is 19.2. The summed E-state index contributed by atoms with van der Waals surface area (Å²) in [5.41, 5.74) is 0.378. The molecule has 0 amide bonds. The zero-order valence-corrected chi connectivity index (χ0v) is 12.4. The normalized spacial score (nSPS) is 10.8. The van der Waals surface area contributed by atoms with Crippen LogP contribution in [0.4, 0.5) is 4.39 Å². The summed E-state index contributed by atoms with van der Waals surface area (Å²) in [5, 5.41) is 0.524. The van der Waals surface area contributed by atoms with Gasteiger partial charge in [0.25, 0.3) is 5.56 Å². The van der Waals surface area contributed by atoms with Crippen LogP contribution in [-0.2, 0) is 6.61 Å². The van der Waals surface area contributed by atoms with Crippen molar-refractivity contribution in [3.05, 3.63) is 68.9 Å². The molecule has 0 bridgehead atoms. The molecule has 4 nitrogen and oxygen atoms in total. The number of aromatic amines is 1. The van der Waals surface area contributed by atoms with Gasteiger partial charge in [0.05, 0.1) is 15.4 Å². The molecule has 1 heterocycles. The van der Waals surface area contributed by atoms with E-state index in [4.69, 9.17) is 4.74 Å². The van der Waals surface area contributed by atoms with Gasteiger partial charge in [0.15, 0.2) is 0 Å². The van der Waals surface area contributed by atoms with E-state index in [0.29, 0.717) is 26.9 Å². The predicted octanol–water partition coefficient (Wildman–Crippen LogP) is 3.40. The Balaban J connectivity index is 1.85. The fourth-order valence-electron chi connectivity index (χ4n) is 1.92. The molecule has 106 valence electrons. The average Bonchev–Trinajstić information content (AvgIpc) is 2.49. The first-order valence-electron chi connectivity index (χ1n) is 6.19. The second kappa shape index (κ2) is 5.65. The van der Waals surface area contributed by atoms with Crippen molar-refractivity contribution < 1.29 is 9.13 Å². The van der Waals surface area contributed by atoms with Gasteiger partial charge < -0.3 is 9.72 Å². The molecule has 0 spiro atoms. The van der Waals surface area contributed by atoms with E-state index in [1.54, 1.807) is 30.3 Å². The number of hydrogen-bond acceptors (Lipinski definition) is 3. The molecule has 0 fully saturated rings. The van der Waals surface area contributed by atoms with E-state index in [2.05, 4.69) is 25.9 Å². The van der Waals surface area contributed by atoms with Crippen LogP contribution in [0.2, 0.25) is 0 Å². The van der Waals surface area contributed by atoms with Crippen molar-refractivity contribution in [2.45, 2.75) is 6.61 Å². The van der Waals surface area contributed by atoms with E-state index in [1.807, 2.05) is 6.07 Å². The molecule has 0 aliphatic heterocycles. The van der Waals surface area contributed by atoms with Gasteiger partial charge in [-0.05, 0) is 40.2 Å². The number of halogens is 2. The van der Waals surface area contributed by atoms with E-state index in [-0.39, 0.29) is 12.2 Å². The topological polar surface area (TPSA) is 55.0 Å². The predicted molar refractivity (Wildman–Crippen MR) is 80.8 cm³/mol. The maximum Gasteiger partial charge on any atom is 0.258 e. The van der Waals surface area contributed by atoms with E-state index >= 15 is 0 Å². The molecule has 3 rings (SSSR count). The van der Waals surface area contributed by atoms with Crippen molar-refractivity contribution in [1.29, 1.82) is 0 Å². The summed E-state index contributed by atoms with van der Waals surface area (Å²) in [5.74, 6) is 0.348. The lowest BCUT2D eigenvalue weighted by atomic mass is 10.2. The van der Waals surface area contributed by atoms with Crippen molar-refractivity contribution in [3.8, 4) is 5.75 Å². The van der Waals surface area contributed by atoms with Gasteiger partial charge >= 0.3 is 0 Å². The number of aromatic nitrogens is 2. The van der Waals surface area contributed by atoms with Crippen molar-refractivity contribution >= 4 is 26.8 Å². The van der Waals surface area contributed by atoms with Crippen molar-refractivity contribution in [1.82, 2.24) is 9.97 Å². The molecular weight excluding hydrogens is 339 g/mol. The third kappa shape index (κ3) is 2.95. The minimum atomic E-state index is -0.410. The first kappa shape index (κ1) is 13.8. The van der Waals surface area contributed by atoms with Gasteiger partial charge in [0, 0.05) is 6.07 Å². The van der Waals surface area contributed by atoms with Crippen LogP contribution in [-0.4, -0.2) is 9.97 Å². The van der Waals surface area contributed by atoms with Gasteiger partial charge in [0.1, 0.15) is 24.0 Å². The molecule has 0 saturated carbocycles. The van der Waals surface area contributed by atoms with Crippen molar-refractivity contribution in [3.63, 3.8) is 0 Å². The van der Waals surface area contributed by atoms with Crippen LogP contribution in [0.15, 0.2) is 51.7 Å². The number of para-hydroxylation sites is 1. The largest absolute Gasteiger partial charge is 0.486 e. The van der Waals surface area contributed by atoms with Gasteiger partial charge in [-0.1, -0.05) is 12.1 Å². The Hall–Kier alpha value is -2.21. The molecule has 21 heavy (non-hydrogen) atoms. The first-order valence-corrected chi connectivity index (χ1v) is 6.98. The van der Waals surface area contributed by atoms with Crippen molar-refractivity contribution in [2.24, 2.45) is 0 Å². The van der Waals surface area contributed by atoms with Crippen LogP contribution in [0.5, 0.6) is 5.75 Å². The molecular formula is C15H10BrFN2O2. The SMILES string of the molecule is O=c1[nH]c(COc2ccc(Br)c(F)c2)nc2ccccc12. The lowest BCUT2D eigenvalue weighted by molar-refractivity contribution is 0.294. The van der Waals surface area contributed by atoms with Gasteiger partial charge in [-0.2, -0.15) is 0 Å². The number of fused-ring (bicyclic) bond motifs is 1. The highest BCUT2D eigenvalue weighted by Crippen LogP contribution is 2.21. The fourth-order valence-corrected chi connectivity index (χ4v) is 2.17. The van der Waals surface area contributed by atoms with Gasteiger partial charge in [0.2, 0.25) is 0 Å². The summed E-state index contributed by atoms with van der Waals surface area (Å²) >= 11 is 3.07. The molecule has 0 radical (unpaired) electrons. The molecule has 0 atom stereocenters. The maximum absolute atomic E-state index is 13.4. The van der Waals surface area contributed by atoms with E-state index in [9.17, 15) is 9.18 Å². The number of ether oxygens (including phenoxy) is 1. The summed E-state index contributed by atoms with van der Waals surface area (Å²) in [6.45, 7) is 0.0567. The number of nitrogens with one attached hydrogen (secondary N) is 1.